The number of Topliss-reactive ketones (excluding diaryl/α,β-unsaturated/α-hetero) is 1. The number of methoxy groups -OCH3 is 1. The summed E-state index contributed by atoms with van der Waals surface area (Å²) in [5.74, 6) is 2.41. The molecule has 5 heteroatoms. The van der Waals surface area contributed by atoms with E-state index in [1.54, 1.807) is 19.3 Å². The number of ketones is 1. The van der Waals surface area contributed by atoms with E-state index < -0.39 is 0 Å². The molecular formula is C27H23NO4. The van der Waals surface area contributed by atoms with Gasteiger partial charge in [0.2, 0.25) is 5.78 Å². The fraction of sp³-hybridized carbons (Fsp3) is 0.148. The highest BCUT2D eigenvalue weighted by Gasteiger charge is 2.33. The van der Waals surface area contributed by atoms with Crippen LogP contribution in [0.3, 0.4) is 0 Å². The highest BCUT2D eigenvalue weighted by atomic mass is 16.5. The number of fused-ring (bicyclic) bond motifs is 3. The Morgan fingerprint density at radius 1 is 1.03 bits per heavy atom. The first-order valence-electron chi connectivity index (χ1n) is 10.5. The van der Waals surface area contributed by atoms with E-state index in [-0.39, 0.29) is 5.78 Å². The summed E-state index contributed by atoms with van der Waals surface area (Å²) >= 11 is 0. The minimum absolute atomic E-state index is 0.109. The van der Waals surface area contributed by atoms with Crippen LogP contribution in [0.15, 0.2) is 84.6 Å². The van der Waals surface area contributed by atoms with Gasteiger partial charge in [0.25, 0.3) is 0 Å². The van der Waals surface area contributed by atoms with Crippen molar-refractivity contribution >= 4 is 11.9 Å². The van der Waals surface area contributed by atoms with Crippen LogP contribution in [0.25, 0.3) is 6.08 Å². The topological polar surface area (TPSA) is 48.0 Å². The van der Waals surface area contributed by atoms with Gasteiger partial charge < -0.3 is 14.2 Å². The molecule has 0 N–H and O–H groups in total. The molecule has 32 heavy (non-hydrogen) atoms. The monoisotopic (exact) mass is 425 g/mol. The number of para-hydroxylation sites is 1. The maximum atomic E-state index is 12.9. The second-order valence-electron chi connectivity index (χ2n) is 7.72. The predicted molar refractivity (Wildman–Crippen MR) is 123 cm³/mol. The highest BCUT2D eigenvalue weighted by Crippen LogP contribution is 2.42. The fourth-order valence-corrected chi connectivity index (χ4v) is 4.01. The van der Waals surface area contributed by atoms with Crippen LogP contribution in [0.5, 0.6) is 17.2 Å². The van der Waals surface area contributed by atoms with Gasteiger partial charge in [-0.1, -0.05) is 60.7 Å². The Kier molecular flexibility index (Phi) is 5.48. The van der Waals surface area contributed by atoms with Gasteiger partial charge in [0, 0.05) is 18.7 Å². The summed E-state index contributed by atoms with van der Waals surface area (Å²) in [5.41, 5.74) is 3.61. The van der Waals surface area contributed by atoms with Gasteiger partial charge in [0.05, 0.1) is 18.2 Å². The molecule has 0 atom stereocenters. The number of hydrogen-bond acceptors (Lipinski definition) is 5. The Labute approximate surface area is 187 Å². The number of carbonyl (C=O) groups is 1. The standard InChI is InChI=1S/C27H23NO4/c1-30-23-12-6-5-11-20(23)16-28-17-22-24(31-18-28)15-14-21-26(29)25(32-27(21)22)13-7-10-19-8-3-2-4-9-19/h2-15H,16-18H2,1H3/b10-7+,25-13-. The molecule has 2 aliphatic rings. The molecule has 2 aliphatic heterocycles. The van der Waals surface area contributed by atoms with Gasteiger partial charge in [0.15, 0.2) is 5.76 Å². The highest BCUT2D eigenvalue weighted by molar-refractivity contribution is 6.13. The van der Waals surface area contributed by atoms with Crippen molar-refractivity contribution in [1.29, 1.82) is 0 Å². The predicted octanol–water partition coefficient (Wildman–Crippen LogP) is 5.22. The SMILES string of the molecule is COc1ccccc1CN1COc2ccc3c(c2C1)O/C(=C\C=C\c1ccccc1)C3=O. The molecule has 160 valence electrons. The zero-order chi connectivity index (χ0) is 21.9. The van der Waals surface area contributed by atoms with Crippen LogP contribution in [0, 0.1) is 0 Å². The van der Waals surface area contributed by atoms with E-state index in [2.05, 4.69) is 4.90 Å². The summed E-state index contributed by atoms with van der Waals surface area (Å²) < 4.78 is 17.5. The molecule has 5 rings (SSSR count). The number of benzene rings is 3. The summed E-state index contributed by atoms with van der Waals surface area (Å²) in [4.78, 5) is 15.0. The summed E-state index contributed by atoms with van der Waals surface area (Å²) in [6.45, 7) is 1.75. The molecule has 0 amide bonds. The van der Waals surface area contributed by atoms with Gasteiger partial charge in [-0.05, 0) is 29.8 Å². The van der Waals surface area contributed by atoms with Crippen molar-refractivity contribution in [2.45, 2.75) is 13.1 Å². The number of rotatable bonds is 5. The minimum atomic E-state index is -0.109. The molecule has 2 heterocycles. The van der Waals surface area contributed by atoms with Crippen LogP contribution in [0.1, 0.15) is 27.0 Å². The molecule has 0 spiro atoms. The lowest BCUT2D eigenvalue weighted by atomic mass is 10.0. The quantitative estimate of drug-likeness (QED) is 0.525. The van der Waals surface area contributed by atoms with Crippen LogP contribution in [0.4, 0.5) is 0 Å². The van der Waals surface area contributed by atoms with Crippen molar-refractivity contribution in [3.8, 4) is 17.2 Å². The van der Waals surface area contributed by atoms with Gasteiger partial charge >= 0.3 is 0 Å². The third-order valence-electron chi connectivity index (χ3n) is 5.60. The number of hydrogen-bond donors (Lipinski definition) is 0. The molecule has 5 nitrogen and oxygen atoms in total. The normalized spacial score (nSPS) is 16.5. The molecule has 0 aromatic heterocycles. The zero-order valence-electron chi connectivity index (χ0n) is 17.8. The van der Waals surface area contributed by atoms with E-state index >= 15 is 0 Å². The molecule has 3 aromatic carbocycles. The molecule has 0 radical (unpaired) electrons. The Hall–Kier alpha value is -3.83. The summed E-state index contributed by atoms with van der Waals surface area (Å²) in [6, 6.07) is 21.5. The van der Waals surface area contributed by atoms with Gasteiger partial charge in [-0.25, -0.2) is 0 Å². The van der Waals surface area contributed by atoms with E-state index in [0.29, 0.717) is 36.9 Å². The number of ether oxygens (including phenoxy) is 3. The van der Waals surface area contributed by atoms with Crippen LogP contribution in [-0.4, -0.2) is 24.5 Å². The maximum Gasteiger partial charge on any atom is 0.231 e. The first kappa shape index (κ1) is 20.1. The molecule has 0 fully saturated rings. The molecule has 0 saturated heterocycles. The van der Waals surface area contributed by atoms with E-state index in [0.717, 1.165) is 28.2 Å². The first-order chi connectivity index (χ1) is 15.7. The fourth-order valence-electron chi connectivity index (χ4n) is 4.01. The van der Waals surface area contributed by atoms with Crippen LogP contribution >= 0.6 is 0 Å². The van der Waals surface area contributed by atoms with Gasteiger partial charge in [-0.3, -0.25) is 9.69 Å². The molecule has 0 aliphatic carbocycles. The van der Waals surface area contributed by atoms with Crippen molar-refractivity contribution < 1.29 is 19.0 Å². The van der Waals surface area contributed by atoms with Crippen LogP contribution in [0.2, 0.25) is 0 Å². The summed E-state index contributed by atoms with van der Waals surface area (Å²) in [7, 11) is 1.67. The van der Waals surface area contributed by atoms with Crippen molar-refractivity contribution in [2.75, 3.05) is 13.8 Å². The van der Waals surface area contributed by atoms with Gasteiger partial charge in [-0.15, -0.1) is 0 Å². The number of carbonyl (C=O) groups excluding carboxylic acids is 1. The van der Waals surface area contributed by atoms with E-state index in [1.165, 1.54) is 0 Å². The van der Waals surface area contributed by atoms with Gasteiger partial charge in [0.1, 0.15) is 24.0 Å². The van der Waals surface area contributed by atoms with Crippen LogP contribution < -0.4 is 14.2 Å². The smallest absolute Gasteiger partial charge is 0.231 e. The molecule has 0 bridgehead atoms. The van der Waals surface area contributed by atoms with Crippen molar-refractivity contribution in [3.63, 3.8) is 0 Å². The second kappa shape index (κ2) is 8.73. The van der Waals surface area contributed by atoms with Crippen molar-refractivity contribution in [3.05, 3.63) is 107 Å². The minimum Gasteiger partial charge on any atom is -0.496 e. The van der Waals surface area contributed by atoms with Crippen LogP contribution in [-0.2, 0) is 13.1 Å². The third-order valence-corrected chi connectivity index (χ3v) is 5.60. The van der Waals surface area contributed by atoms with Crippen molar-refractivity contribution in [2.24, 2.45) is 0 Å². The number of nitrogens with zero attached hydrogens (tertiary/aromatic N) is 1. The average Bonchev–Trinajstić information content (AvgIpc) is 3.16. The van der Waals surface area contributed by atoms with E-state index in [1.807, 2.05) is 72.8 Å². The summed E-state index contributed by atoms with van der Waals surface area (Å²) in [6.07, 6.45) is 5.50. The van der Waals surface area contributed by atoms with E-state index in [4.69, 9.17) is 14.2 Å². The van der Waals surface area contributed by atoms with Crippen molar-refractivity contribution in [1.82, 2.24) is 4.90 Å². The summed E-state index contributed by atoms with van der Waals surface area (Å²) in [5, 5.41) is 0. The lowest BCUT2D eigenvalue weighted by molar-refractivity contribution is 0.0865. The lowest BCUT2D eigenvalue weighted by Gasteiger charge is -2.30. The molecular weight excluding hydrogens is 402 g/mol. The maximum absolute atomic E-state index is 12.9. The largest absolute Gasteiger partial charge is 0.496 e. The molecule has 0 unspecified atom stereocenters. The first-order valence-corrected chi connectivity index (χ1v) is 10.5. The van der Waals surface area contributed by atoms with Gasteiger partial charge in [-0.2, -0.15) is 0 Å². The number of allylic oxidation sites excluding steroid dienone is 3. The Morgan fingerprint density at radius 3 is 2.69 bits per heavy atom. The van der Waals surface area contributed by atoms with E-state index in [9.17, 15) is 4.79 Å². The molecule has 0 saturated carbocycles. The Bertz CT molecular complexity index is 1210. The lowest BCUT2D eigenvalue weighted by Crippen LogP contribution is -2.31. The zero-order valence-corrected chi connectivity index (χ0v) is 17.8. The third kappa shape index (κ3) is 3.90. The second-order valence-corrected chi connectivity index (χ2v) is 7.72. The Morgan fingerprint density at radius 2 is 1.84 bits per heavy atom. The average molecular weight is 425 g/mol. The Balaban J connectivity index is 1.37. The molecule has 3 aromatic rings.